The second kappa shape index (κ2) is 7.96. The second-order valence-corrected chi connectivity index (χ2v) is 8.44. The third-order valence-corrected chi connectivity index (χ3v) is 5.51. The van der Waals surface area contributed by atoms with Crippen LogP contribution in [0.1, 0.15) is 12.6 Å². The molecular formula is C19H12Cl2F3N3O2S. The molecule has 11 heteroatoms. The molecule has 1 heterocycles. The standard InChI is InChI=1S/C19H12Cl2F3N3O2S/c1-2-9-27-18(19(22,23)24)16(14-8-5-12(20)10-15(14)21)17(26-27)11-3-6-13(7-4-11)30(25,28)29/h3-8,10H,1H3,(H2,25,28,29). The van der Waals surface area contributed by atoms with Crippen molar-refractivity contribution in [3.05, 3.63) is 58.2 Å². The summed E-state index contributed by atoms with van der Waals surface area (Å²) in [7, 11) is -3.97. The molecule has 2 aromatic carbocycles. The zero-order chi connectivity index (χ0) is 22.3. The first-order valence-electron chi connectivity index (χ1n) is 8.15. The Kier molecular flexibility index (Phi) is 5.89. The fraction of sp³-hybridized carbons (Fsp3) is 0.105. The van der Waals surface area contributed by atoms with Gasteiger partial charge >= 0.3 is 6.18 Å². The highest BCUT2D eigenvalue weighted by atomic mass is 35.5. The van der Waals surface area contributed by atoms with E-state index in [1.54, 1.807) is 0 Å². The Hall–Kier alpha value is -2.51. The van der Waals surface area contributed by atoms with E-state index in [1.807, 2.05) is 0 Å². The molecule has 0 aliphatic carbocycles. The summed E-state index contributed by atoms with van der Waals surface area (Å²) in [5, 5.41) is 9.33. The van der Waals surface area contributed by atoms with E-state index in [-0.39, 0.29) is 37.3 Å². The van der Waals surface area contributed by atoms with Crippen LogP contribution in [-0.2, 0) is 16.2 Å². The van der Waals surface area contributed by atoms with Crippen LogP contribution in [0.15, 0.2) is 47.4 Å². The van der Waals surface area contributed by atoms with Gasteiger partial charge in [0.25, 0.3) is 0 Å². The molecule has 0 fully saturated rings. The molecule has 0 bridgehead atoms. The minimum atomic E-state index is -4.81. The number of aromatic nitrogens is 2. The lowest BCUT2D eigenvalue weighted by molar-refractivity contribution is -0.142. The monoisotopic (exact) mass is 473 g/mol. The highest BCUT2D eigenvalue weighted by Crippen LogP contribution is 2.45. The number of nitrogens with zero attached hydrogens (tertiary/aromatic N) is 2. The molecule has 156 valence electrons. The molecule has 0 atom stereocenters. The Morgan fingerprint density at radius 3 is 2.23 bits per heavy atom. The van der Waals surface area contributed by atoms with E-state index >= 15 is 0 Å². The minimum Gasteiger partial charge on any atom is -0.225 e. The molecule has 0 spiro atoms. The van der Waals surface area contributed by atoms with Crippen LogP contribution in [0, 0.1) is 12.0 Å². The van der Waals surface area contributed by atoms with Gasteiger partial charge in [0.15, 0.2) is 5.69 Å². The predicted octanol–water partition coefficient (Wildman–Crippen LogP) is 5.02. The number of hydrogen-bond acceptors (Lipinski definition) is 3. The van der Waals surface area contributed by atoms with Crippen LogP contribution in [0.5, 0.6) is 0 Å². The number of hydrogen-bond donors (Lipinski definition) is 1. The molecule has 0 saturated carbocycles. The maximum absolute atomic E-state index is 14.0. The van der Waals surface area contributed by atoms with Crippen molar-refractivity contribution in [1.82, 2.24) is 9.78 Å². The summed E-state index contributed by atoms with van der Waals surface area (Å²) in [6.45, 7) is 1.37. The molecule has 3 rings (SSSR count). The lowest BCUT2D eigenvalue weighted by atomic mass is 9.98. The van der Waals surface area contributed by atoms with E-state index in [0.717, 1.165) is 0 Å². The highest BCUT2D eigenvalue weighted by Gasteiger charge is 2.41. The summed E-state index contributed by atoms with van der Waals surface area (Å²) in [6, 6.07) is 11.3. The van der Waals surface area contributed by atoms with E-state index in [0.29, 0.717) is 4.68 Å². The summed E-state index contributed by atoms with van der Waals surface area (Å²) in [5.74, 6) is 2.39. The van der Waals surface area contributed by atoms with Crippen LogP contribution in [-0.4, -0.2) is 18.2 Å². The Bertz CT molecular complexity index is 1290. The van der Waals surface area contributed by atoms with Crippen molar-refractivity contribution in [3.8, 4) is 34.3 Å². The SMILES string of the molecule is CC#Cn1nc(-c2ccc(S(N)(=O)=O)cc2)c(-c2ccc(Cl)cc2Cl)c1C(F)(F)F. The molecule has 0 saturated heterocycles. The van der Waals surface area contributed by atoms with Crippen LogP contribution >= 0.6 is 23.2 Å². The van der Waals surface area contributed by atoms with Crippen LogP contribution in [0.3, 0.4) is 0 Å². The van der Waals surface area contributed by atoms with Crippen molar-refractivity contribution in [1.29, 1.82) is 0 Å². The topological polar surface area (TPSA) is 78.0 Å². The van der Waals surface area contributed by atoms with Crippen molar-refractivity contribution >= 4 is 33.2 Å². The van der Waals surface area contributed by atoms with E-state index in [9.17, 15) is 21.6 Å². The Balaban J connectivity index is 2.39. The molecule has 0 aliphatic rings. The third-order valence-electron chi connectivity index (χ3n) is 4.03. The molecule has 5 nitrogen and oxygen atoms in total. The number of nitrogens with two attached hydrogens (primary N) is 1. The normalized spacial score (nSPS) is 11.8. The van der Waals surface area contributed by atoms with Gasteiger partial charge in [-0.3, -0.25) is 0 Å². The molecule has 0 amide bonds. The molecule has 2 N–H and O–H groups in total. The minimum absolute atomic E-state index is 0.0144. The summed E-state index contributed by atoms with van der Waals surface area (Å²) in [4.78, 5) is -0.193. The number of halogens is 5. The first-order chi connectivity index (χ1) is 13.9. The maximum Gasteiger partial charge on any atom is 0.434 e. The van der Waals surface area contributed by atoms with Gasteiger partial charge in [-0.2, -0.15) is 23.0 Å². The van der Waals surface area contributed by atoms with Gasteiger partial charge in [0.2, 0.25) is 10.0 Å². The zero-order valence-electron chi connectivity index (χ0n) is 15.1. The molecule has 0 radical (unpaired) electrons. The van der Waals surface area contributed by atoms with Gasteiger partial charge in [-0.1, -0.05) is 47.3 Å². The smallest absolute Gasteiger partial charge is 0.225 e. The molecule has 0 unspecified atom stereocenters. The second-order valence-electron chi connectivity index (χ2n) is 6.04. The van der Waals surface area contributed by atoms with E-state index < -0.39 is 21.9 Å². The Morgan fingerprint density at radius 2 is 1.73 bits per heavy atom. The van der Waals surface area contributed by atoms with Crippen molar-refractivity contribution < 1.29 is 21.6 Å². The van der Waals surface area contributed by atoms with Crippen molar-refractivity contribution in [2.75, 3.05) is 0 Å². The zero-order valence-corrected chi connectivity index (χ0v) is 17.5. The quantitative estimate of drug-likeness (QED) is 0.542. The average molecular weight is 474 g/mol. The number of benzene rings is 2. The van der Waals surface area contributed by atoms with Gasteiger partial charge in [-0.15, -0.1) is 0 Å². The van der Waals surface area contributed by atoms with Gasteiger partial charge in [0, 0.05) is 27.8 Å². The Labute approximate surface area is 180 Å². The van der Waals surface area contributed by atoms with Crippen LogP contribution < -0.4 is 5.14 Å². The van der Waals surface area contributed by atoms with Crippen LogP contribution in [0.4, 0.5) is 13.2 Å². The fourth-order valence-corrected chi connectivity index (χ4v) is 3.84. The Morgan fingerprint density at radius 1 is 1.10 bits per heavy atom. The summed E-state index contributed by atoms with van der Waals surface area (Å²) >= 11 is 12.1. The van der Waals surface area contributed by atoms with Crippen molar-refractivity contribution in [2.45, 2.75) is 18.0 Å². The number of primary sulfonamides is 1. The molecule has 0 aliphatic heterocycles. The van der Waals surface area contributed by atoms with Gasteiger partial charge in [-0.25, -0.2) is 13.6 Å². The molecule has 30 heavy (non-hydrogen) atoms. The van der Waals surface area contributed by atoms with Crippen molar-refractivity contribution in [3.63, 3.8) is 0 Å². The summed E-state index contributed by atoms with van der Waals surface area (Å²) in [5.41, 5.74) is -1.26. The third kappa shape index (κ3) is 4.32. The molecular weight excluding hydrogens is 462 g/mol. The predicted molar refractivity (Wildman–Crippen MR) is 108 cm³/mol. The largest absolute Gasteiger partial charge is 0.434 e. The molecule has 1 aromatic heterocycles. The van der Waals surface area contributed by atoms with Gasteiger partial charge in [0.05, 0.1) is 9.92 Å². The van der Waals surface area contributed by atoms with Crippen LogP contribution in [0.2, 0.25) is 10.0 Å². The number of alkyl halides is 3. The average Bonchev–Trinajstić information content (AvgIpc) is 3.01. The lowest BCUT2D eigenvalue weighted by Crippen LogP contribution is -2.13. The fourth-order valence-electron chi connectivity index (χ4n) is 2.82. The molecule has 3 aromatic rings. The van der Waals surface area contributed by atoms with Crippen LogP contribution in [0.25, 0.3) is 22.4 Å². The number of sulfonamides is 1. The van der Waals surface area contributed by atoms with E-state index in [1.165, 1.54) is 49.4 Å². The van der Waals surface area contributed by atoms with E-state index in [4.69, 9.17) is 28.3 Å². The first kappa shape index (κ1) is 22.2. The summed E-state index contributed by atoms with van der Waals surface area (Å²) in [6.07, 6.45) is -4.81. The van der Waals surface area contributed by atoms with E-state index in [2.05, 4.69) is 17.1 Å². The highest BCUT2D eigenvalue weighted by molar-refractivity contribution is 7.89. The lowest BCUT2D eigenvalue weighted by Gasteiger charge is -2.12. The number of rotatable bonds is 3. The maximum atomic E-state index is 14.0. The van der Waals surface area contributed by atoms with Gasteiger partial charge < -0.3 is 0 Å². The first-order valence-corrected chi connectivity index (χ1v) is 10.5. The van der Waals surface area contributed by atoms with Gasteiger partial charge in [-0.05, 0) is 31.2 Å². The van der Waals surface area contributed by atoms with Gasteiger partial charge in [0.1, 0.15) is 5.69 Å². The van der Waals surface area contributed by atoms with Crippen molar-refractivity contribution in [2.24, 2.45) is 5.14 Å². The summed E-state index contributed by atoms with van der Waals surface area (Å²) < 4.78 is 65.4.